The summed E-state index contributed by atoms with van der Waals surface area (Å²) in [6.45, 7) is 12.1. The minimum absolute atomic E-state index is 0.364. The molecule has 0 rings (SSSR count). The van der Waals surface area contributed by atoms with E-state index in [1.54, 1.807) is 0 Å². The zero-order chi connectivity index (χ0) is 37.2. The van der Waals surface area contributed by atoms with Crippen LogP contribution in [-0.4, -0.2) is 35.2 Å². The molecular weight excluding hydrogens is 643 g/mol. The summed E-state index contributed by atoms with van der Waals surface area (Å²) in [6, 6.07) is 0.859. The lowest BCUT2D eigenvalue weighted by Crippen LogP contribution is -2.48. The highest BCUT2D eigenvalue weighted by molar-refractivity contribution is 6.60. The molecule has 2 N–H and O–H groups in total. The quantitative estimate of drug-likeness (QED) is 0.0499. The number of nitrogens with two attached hydrogens (primary N) is 1. The highest BCUT2D eigenvalue weighted by Gasteiger charge is 2.42. The molecule has 0 amide bonds. The van der Waals surface area contributed by atoms with Crippen LogP contribution in [0, 0.1) is 5.92 Å². The van der Waals surface area contributed by atoms with Gasteiger partial charge in [0.15, 0.2) is 0 Å². The van der Waals surface area contributed by atoms with Gasteiger partial charge in [0.25, 0.3) is 0 Å². The standard InChI is InChI=1S/C46H97NO3Si/c1-5-8-11-14-17-20-23-26-29-32-35-38-41-48-51(45-46(4)44-47,49-42-39-36-33-30-27-24-21-18-15-12-9-6-2)50-43-40-37-34-31-28-25-22-19-16-13-10-7-3/h46H,5-45,47H2,1-4H3. The van der Waals surface area contributed by atoms with Gasteiger partial charge in [-0.3, -0.25) is 0 Å². The number of rotatable bonds is 45. The maximum absolute atomic E-state index is 6.75. The van der Waals surface area contributed by atoms with Crippen molar-refractivity contribution in [3.63, 3.8) is 0 Å². The van der Waals surface area contributed by atoms with Crippen LogP contribution in [0.3, 0.4) is 0 Å². The first-order valence-corrected chi connectivity index (χ1v) is 25.7. The lowest BCUT2D eigenvalue weighted by Gasteiger charge is -2.32. The van der Waals surface area contributed by atoms with Crippen LogP contribution in [0.1, 0.15) is 259 Å². The van der Waals surface area contributed by atoms with Crippen LogP contribution < -0.4 is 5.73 Å². The Morgan fingerprint density at radius 2 is 0.529 bits per heavy atom. The van der Waals surface area contributed by atoms with Crippen molar-refractivity contribution < 1.29 is 13.3 Å². The Hall–Kier alpha value is 0.0569. The molecule has 0 aliphatic heterocycles. The molecule has 0 spiro atoms. The third-order valence-electron chi connectivity index (χ3n) is 11.0. The van der Waals surface area contributed by atoms with Crippen LogP contribution in [-0.2, 0) is 13.3 Å². The van der Waals surface area contributed by atoms with Gasteiger partial charge in [-0.1, -0.05) is 240 Å². The van der Waals surface area contributed by atoms with E-state index < -0.39 is 8.80 Å². The summed E-state index contributed by atoms with van der Waals surface area (Å²) in [4.78, 5) is 0. The van der Waals surface area contributed by atoms with E-state index in [4.69, 9.17) is 19.0 Å². The van der Waals surface area contributed by atoms with Crippen molar-refractivity contribution in [1.82, 2.24) is 0 Å². The smallest absolute Gasteiger partial charge is 0.373 e. The van der Waals surface area contributed by atoms with Crippen LogP contribution in [0.15, 0.2) is 0 Å². The summed E-state index contributed by atoms with van der Waals surface area (Å²) in [5.74, 6) is 0.364. The van der Waals surface area contributed by atoms with Gasteiger partial charge in [0.05, 0.1) is 0 Å². The molecule has 0 aliphatic rings. The van der Waals surface area contributed by atoms with E-state index in [1.165, 1.54) is 212 Å². The van der Waals surface area contributed by atoms with E-state index in [0.717, 1.165) is 45.1 Å². The molecule has 0 aromatic heterocycles. The molecule has 0 bridgehead atoms. The van der Waals surface area contributed by atoms with E-state index in [9.17, 15) is 0 Å². The van der Waals surface area contributed by atoms with Gasteiger partial charge in [0.1, 0.15) is 0 Å². The Bertz CT molecular complexity index is 562. The SMILES string of the molecule is CCCCCCCCCCCCCCO[Si](CC(C)CN)(OCCCCCCCCCCCCCC)OCCCCCCCCCCCCCC. The second-order valence-corrected chi connectivity index (χ2v) is 19.1. The zero-order valence-electron chi connectivity index (χ0n) is 35.9. The van der Waals surface area contributed by atoms with Gasteiger partial charge in [-0.05, 0) is 31.7 Å². The van der Waals surface area contributed by atoms with E-state index in [2.05, 4.69) is 27.7 Å². The second kappa shape index (κ2) is 42.8. The van der Waals surface area contributed by atoms with Gasteiger partial charge < -0.3 is 19.0 Å². The van der Waals surface area contributed by atoms with E-state index in [1.807, 2.05) is 0 Å². The van der Waals surface area contributed by atoms with Gasteiger partial charge in [0.2, 0.25) is 0 Å². The summed E-state index contributed by atoms with van der Waals surface area (Å²) in [6.07, 6.45) is 49.0. The molecule has 0 aliphatic carbocycles. The van der Waals surface area contributed by atoms with Gasteiger partial charge in [0, 0.05) is 25.9 Å². The minimum Gasteiger partial charge on any atom is -0.373 e. The fourth-order valence-corrected chi connectivity index (χ4v) is 10.3. The Labute approximate surface area is 324 Å². The average molecular weight is 740 g/mol. The van der Waals surface area contributed by atoms with Crippen molar-refractivity contribution in [1.29, 1.82) is 0 Å². The fraction of sp³-hybridized carbons (Fsp3) is 1.00. The molecular formula is C46H97NO3Si. The lowest BCUT2D eigenvalue weighted by atomic mass is 10.1. The molecule has 51 heavy (non-hydrogen) atoms. The molecule has 5 heteroatoms. The highest BCUT2D eigenvalue weighted by Crippen LogP contribution is 2.24. The molecule has 0 aromatic carbocycles. The normalized spacial score (nSPS) is 12.6. The van der Waals surface area contributed by atoms with E-state index in [-0.39, 0.29) is 0 Å². The summed E-state index contributed by atoms with van der Waals surface area (Å²) < 4.78 is 20.2. The minimum atomic E-state index is -2.76. The first kappa shape index (κ1) is 51.1. The molecule has 0 aromatic rings. The van der Waals surface area contributed by atoms with Crippen LogP contribution in [0.4, 0.5) is 0 Å². The molecule has 1 atom stereocenters. The molecule has 0 heterocycles. The number of hydrogen-bond acceptors (Lipinski definition) is 4. The molecule has 0 fully saturated rings. The second-order valence-electron chi connectivity index (χ2n) is 16.4. The molecule has 0 saturated heterocycles. The molecule has 1 unspecified atom stereocenters. The van der Waals surface area contributed by atoms with Crippen molar-refractivity contribution in [3.8, 4) is 0 Å². The maximum atomic E-state index is 6.75. The van der Waals surface area contributed by atoms with Gasteiger partial charge in [-0.25, -0.2) is 0 Å². The molecule has 0 radical (unpaired) electrons. The van der Waals surface area contributed by atoms with Crippen molar-refractivity contribution in [2.75, 3.05) is 26.4 Å². The van der Waals surface area contributed by atoms with Crippen LogP contribution in [0.5, 0.6) is 0 Å². The van der Waals surface area contributed by atoms with Crippen LogP contribution in [0.2, 0.25) is 6.04 Å². The van der Waals surface area contributed by atoms with Crippen LogP contribution >= 0.6 is 0 Å². The Kier molecular flexibility index (Phi) is 42.8. The zero-order valence-corrected chi connectivity index (χ0v) is 36.9. The fourth-order valence-electron chi connectivity index (χ4n) is 7.32. The molecule has 308 valence electrons. The average Bonchev–Trinajstić information content (AvgIpc) is 3.14. The van der Waals surface area contributed by atoms with E-state index >= 15 is 0 Å². The Morgan fingerprint density at radius 3 is 0.725 bits per heavy atom. The molecule has 4 nitrogen and oxygen atoms in total. The topological polar surface area (TPSA) is 53.7 Å². The third-order valence-corrected chi connectivity index (χ3v) is 14.1. The van der Waals surface area contributed by atoms with Gasteiger partial charge in [-0.2, -0.15) is 0 Å². The predicted molar refractivity (Wildman–Crippen MR) is 230 cm³/mol. The predicted octanol–water partition coefficient (Wildman–Crippen LogP) is 15.7. The number of hydrogen-bond donors (Lipinski definition) is 1. The van der Waals surface area contributed by atoms with Crippen molar-refractivity contribution >= 4 is 8.80 Å². The van der Waals surface area contributed by atoms with Gasteiger partial charge >= 0.3 is 8.80 Å². The highest BCUT2D eigenvalue weighted by atomic mass is 28.4. The van der Waals surface area contributed by atoms with Crippen molar-refractivity contribution in [2.24, 2.45) is 11.7 Å². The van der Waals surface area contributed by atoms with Crippen molar-refractivity contribution in [2.45, 2.75) is 265 Å². The first-order chi connectivity index (χ1) is 25.1. The molecule has 0 saturated carbocycles. The lowest BCUT2D eigenvalue weighted by molar-refractivity contribution is 0.0521. The monoisotopic (exact) mass is 740 g/mol. The van der Waals surface area contributed by atoms with Gasteiger partial charge in [-0.15, -0.1) is 0 Å². The maximum Gasteiger partial charge on any atom is 0.501 e. The summed E-state index contributed by atoms with van der Waals surface area (Å²) in [5, 5.41) is 0. The Morgan fingerprint density at radius 1 is 0.333 bits per heavy atom. The largest absolute Gasteiger partial charge is 0.501 e. The third kappa shape index (κ3) is 38.1. The summed E-state index contributed by atoms with van der Waals surface area (Å²) in [5.41, 5.74) is 6.16. The van der Waals surface area contributed by atoms with Crippen LogP contribution in [0.25, 0.3) is 0 Å². The summed E-state index contributed by atoms with van der Waals surface area (Å²) in [7, 11) is -2.76. The Balaban J connectivity index is 4.56. The first-order valence-electron chi connectivity index (χ1n) is 23.8. The van der Waals surface area contributed by atoms with Crippen molar-refractivity contribution in [3.05, 3.63) is 0 Å². The van der Waals surface area contributed by atoms with E-state index in [0.29, 0.717) is 12.5 Å². The summed E-state index contributed by atoms with van der Waals surface area (Å²) >= 11 is 0. The number of unbranched alkanes of at least 4 members (excludes halogenated alkanes) is 33.